The molecule has 0 saturated carbocycles. The fourth-order valence-electron chi connectivity index (χ4n) is 4.52. The Morgan fingerprint density at radius 3 is 2.21 bits per heavy atom. The highest BCUT2D eigenvalue weighted by Gasteiger charge is 2.44. The number of benzene rings is 3. The molecule has 170 valence electrons. The molecule has 9 heteroatoms. The van der Waals surface area contributed by atoms with Crippen molar-refractivity contribution in [1.29, 1.82) is 0 Å². The van der Waals surface area contributed by atoms with E-state index < -0.39 is 16.1 Å². The molecule has 0 aliphatic carbocycles. The number of carbonyl (C=O) groups excluding carboxylic acids is 2. The van der Waals surface area contributed by atoms with Crippen LogP contribution in [-0.2, 0) is 19.6 Å². The molecule has 0 aromatic heterocycles. The summed E-state index contributed by atoms with van der Waals surface area (Å²) in [5, 5.41) is 2.19. The molecule has 3 aromatic rings. The second kappa shape index (κ2) is 8.53. The average Bonchev–Trinajstić information content (AvgIpc) is 3.13. The van der Waals surface area contributed by atoms with E-state index in [1.165, 1.54) is 4.31 Å². The minimum absolute atomic E-state index is 0.0570. The van der Waals surface area contributed by atoms with Crippen LogP contribution in [0.2, 0.25) is 5.02 Å². The summed E-state index contributed by atoms with van der Waals surface area (Å²) in [7, 11) is -3.66. The Kier molecular flexibility index (Phi) is 5.70. The molecule has 33 heavy (non-hydrogen) atoms. The number of imide groups is 1. The zero-order chi connectivity index (χ0) is 23.2. The number of nitrogens with zero attached hydrogens (tertiary/aromatic N) is 3. The average molecular weight is 484 g/mol. The highest BCUT2D eigenvalue weighted by molar-refractivity contribution is 7.89. The molecule has 0 bridgehead atoms. The summed E-state index contributed by atoms with van der Waals surface area (Å²) in [6.45, 7) is 1.23. The van der Waals surface area contributed by atoms with Crippen molar-refractivity contribution in [2.45, 2.75) is 17.4 Å². The quantitative estimate of drug-likeness (QED) is 0.533. The van der Waals surface area contributed by atoms with E-state index >= 15 is 0 Å². The van der Waals surface area contributed by atoms with E-state index in [9.17, 15) is 18.0 Å². The number of rotatable bonds is 4. The third kappa shape index (κ3) is 3.93. The SMILES string of the molecule is O=C1CC(N2CCN(S(=O)(=O)c3ccc4ccccc4c3)CC2)C(=O)N1c1ccccc1Cl. The predicted octanol–water partition coefficient (Wildman–Crippen LogP) is 3.13. The monoisotopic (exact) mass is 483 g/mol. The van der Waals surface area contributed by atoms with Gasteiger partial charge in [-0.05, 0) is 35.0 Å². The Labute approximate surface area is 197 Å². The molecular weight excluding hydrogens is 462 g/mol. The second-order valence-corrected chi connectivity index (χ2v) is 10.5. The molecule has 2 aliphatic heterocycles. The van der Waals surface area contributed by atoms with E-state index in [2.05, 4.69) is 0 Å². The highest BCUT2D eigenvalue weighted by Crippen LogP contribution is 2.32. The minimum atomic E-state index is -3.66. The van der Waals surface area contributed by atoms with Crippen LogP contribution in [0.3, 0.4) is 0 Å². The first-order valence-electron chi connectivity index (χ1n) is 10.7. The van der Waals surface area contributed by atoms with Gasteiger partial charge in [0.2, 0.25) is 15.9 Å². The Morgan fingerprint density at radius 2 is 1.48 bits per heavy atom. The molecule has 2 heterocycles. The molecule has 2 amide bonds. The summed E-state index contributed by atoms with van der Waals surface area (Å²) in [6, 6.07) is 18.9. The number of hydrogen-bond donors (Lipinski definition) is 0. The number of amides is 2. The van der Waals surface area contributed by atoms with Crippen molar-refractivity contribution in [1.82, 2.24) is 9.21 Å². The maximum atomic E-state index is 13.2. The maximum absolute atomic E-state index is 13.2. The molecule has 0 radical (unpaired) electrons. The topological polar surface area (TPSA) is 78.0 Å². The molecule has 0 spiro atoms. The summed E-state index contributed by atoms with van der Waals surface area (Å²) in [4.78, 5) is 29.0. The summed E-state index contributed by atoms with van der Waals surface area (Å²) >= 11 is 6.20. The van der Waals surface area contributed by atoms with Gasteiger partial charge in [-0.3, -0.25) is 14.5 Å². The largest absolute Gasteiger partial charge is 0.289 e. The summed E-state index contributed by atoms with van der Waals surface area (Å²) in [5.74, 6) is -0.622. The fraction of sp³-hybridized carbons (Fsp3) is 0.250. The standard InChI is InChI=1S/C24H22ClN3O4S/c25-20-7-3-4-8-21(20)28-23(29)16-22(24(28)30)26-11-13-27(14-12-26)33(31,32)19-10-9-17-5-1-2-6-18(17)15-19/h1-10,15,22H,11-14,16H2. The van der Waals surface area contributed by atoms with Crippen LogP contribution >= 0.6 is 11.6 Å². The Balaban J connectivity index is 1.30. The van der Waals surface area contributed by atoms with Crippen molar-refractivity contribution in [3.8, 4) is 0 Å². The van der Waals surface area contributed by atoms with Gasteiger partial charge >= 0.3 is 0 Å². The normalized spacial score (nSPS) is 20.6. The molecule has 7 nitrogen and oxygen atoms in total. The number of fused-ring (bicyclic) bond motifs is 1. The zero-order valence-electron chi connectivity index (χ0n) is 17.7. The van der Waals surface area contributed by atoms with E-state index in [0.717, 1.165) is 15.7 Å². The Hall–Kier alpha value is -2.78. The summed E-state index contributed by atoms with van der Waals surface area (Å²) < 4.78 is 27.9. The Bertz CT molecular complexity index is 1350. The number of para-hydroxylation sites is 1. The van der Waals surface area contributed by atoms with Gasteiger partial charge in [-0.25, -0.2) is 13.3 Å². The predicted molar refractivity (Wildman–Crippen MR) is 127 cm³/mol. The number of sulfonamides is 1. The molecule has 0 N–H and O–H groups in total. The van der Waals surface area contributed by atoms with Crippen molar-refractivity contribution in [2.75, 3.05) is 31.1 Å². The van der Waals surface area contributed by atoms with Gasteiger partial charge < -0.3 is 0 Å². The van der Waals surface area contributed by atoms with Crippen LogP contribution in [0.25, 0.3) is 10.8 Å². The number of hydrogen-bond acceptors (Lipinski definition) is 5. The van der Waals surface area contributed by atoms with Crippen molar-refractivity contribution in [2.24, 2.45) is 0 Å². The number of carbonyl (C=O) groups is 2. The van der Waals surface area contributed by atoms with Crippen molar-refractivity contribution in [3.05, 3.63) is 71.8 Å². The second-order valence-electron chi connectivity index (χ2n) is 8.19. The van der Waals surface area contributed by atoms with Crippen LogP contribution in [0, 0.1) is 0 Å². The number of anilines is 1. The zero-order valence-corrected chi connectivity index (χ0v) is 19.3. The fourth-order valence-corrected chi connectivity index (χ4v) is 6.20. The minimum Gasteiger partial charge on any atom is -0.289 e. The summed E-state index contributed by atoms with van der Waals surface area (Å²) in [5.41, 5.74) is 0.384. The van der Waals surface area contributed by atoms with Crippen molar-refractivity contribution in [3.63, 3.8) is 0 Å². The third-order valence-corrected chi connectivity index (χ3v) is 8.50. The first-order valence-corrected chi connectivity index (χ1v) is 12.5. The van der Waals surface area contributed by atoms with Gasteiger partial charge in [0.05, 0.1) is 28.1 Å². The van der Waals surface area contributed by atoms with Crippen LogP contribution in [0.1, 0.15) is 6.42 Å². The molecule has 1 unspecified atom stereocenters. The smallest absolute Gasteiger partial charge is 0.251 e. The van der Waals surface area contributed by atoms with Gasteiger partial charge in [0, 0.05) is 26.2 Å². The number of halogens is 1. The lowest BCUT2D eigenvalue weighted by Crippen LogP contribution is -2.53. The lowest BCUT2D eigenvalue weighted by molar-refractivity contribution is -0.123. The van der Waals surface area contributed by atoms with Gasteiger partial charge in [-0.2, -0.15) is 4.31 Å². The van der Waals surface area contributed by atoms with E-state index in [-0.39, 0.29) is 36.2 Å². The van der Waals surface area contributed by atoms with Crippen LogP contribution in [0.5, 0.6) is 0 Å². The van der Waals surface area contributed by atoms with Crippen LogP contribution < -0.4 is 4.90 Å². The molecular formula is C24H22ClN3O4S. The first kappa shape index (κ1) is 22.0. The maximum Gasteiger partial charge on any atom is 0.251 e. The van der Waals surface area contributed by atoms with Gasteiger partial charge in [0.25, 0.3) is 5.91 Å². The molecule has 3 aromatic carbocycles. The molecule has 5 rings (SSSR count). The molecule has 2 fully saturated rings. The highest BCUT2D eigenvalue weighted by atomic mass is 35.5. The third-order valence-electron chi connectivity index (χ3n) is 6.29. The van der Waals surface area contributed by atoms with Crippen molar-refractivity contribution < 1.29 is 18.0 Å². The van der Waals surface area contributed by atoms with Gasteiger partial charge in [-0.1, -0.05) is 54.1 Å². The van der Waals surface area contributed by atoms with Gasteiger partial charge in [0.15, 0.2) is 0 Å². The van der Waals surface area contributed by atoms with E-state index in [1.807, 2.05) is 35.2 Å². The first-order chi connectivity index (χ1) is 15.9. The van der Waals surface area contributed by atoms with Crippen LogP contribution in [-0.4, -0.2) is 61.7 Å². The van der Waals surface area contributed by atoms with E-state index in [4.69, 9.17) is 11.6 Å². The summed E-state index contributed by atoms with van der Waals surface area (Å²) in [6.07, 6.45) is 0.0570. The molecule has 2 aliphatic rings. The Morgan fingerprint density at radius 1 is 0.818 bits per heavy atom. The van der Waals surface area contributed by atoms with Crippen molar-refractivity contribution >= 4 is 49.9 Å². The van der Waals surface area contributed by atoms with Gasteiger partial charge in [-0.15, -0.1) is 0 Å². The lowest BCUT2D eigenvalue weighted by atomic mass is 10.1. The molecule has 2 saturated heterocycles. The molecule has 1 atom stereocenters. The van der Waals surface area contributed by atoms with Crippen LogP contribution in [0.4, 0.5) is 5.69 Å². The van der Waals surface area contributed by atoms with E-state index in [0.29, 0.717) is 23.8 Å². The van der Waals surface area contributed by atoms with Crippen LogP contribution in [0.15, 0.2) is 71.6 Å². The van der Waals surface area contributed by atoms with E-state index in [1.54, 1.807) is 36.4 Å². The lowest BCUT2D eigenvalue weighted by Gasteiger charge is -2.36. The number of piperazine rings is 1. The van der Waals surface area contributed by atoms with Gasteiger partial charge in [0.1, 0.15) is 0 Å².